The van der Waals surface area contributed by atoms with Crippen LogP contribution in [-0.2, 0) is 30.7 Å². The first-order valence-corrected chi connectivity index (χ1v) is 14.5. The van der Waals surface area contributed by atoms with Crippen LogP contribution < -0.4 is 9.13 Å². The maximum absolute atomic E-state index is 5.86. The average molecular weight is 567 g/mol. The quantitative estimate of drug-likeness (QED) is 0.0852. The normalized spacial score (nSPS) is 11.1. The molecule has 0 unspecified atom stereocenters. The van der Waals surface area contributed by atoms with E-state index in [0.717, 1.165) is 73.6 Å². The summed E-state index contributed by atoms with van der Waals surface area (Å²) in [6.45, 7) is 7.55. The fraction of sp³-hybridized carbons (Fsp3) is 0.400. The van der Waals surface area contributed by atoms with Crippen LogP contribution in [0.15, 0.2) is 92.1 Å². The van der Waals surface area contributed by atoms with Gasteiger partial charge in [-0.1, -0.05) is 39.1 Å². The second-order valence-corrected chi connectivity index (χ2v) is 10.2. The average Bonchev–Trinajstić information content (AvgIpc) is 3.60. The Hall–Kier alpha value is -3.14. The van der Waals surface area contributed by atoms with Gasteiger partial charge in [0.25, 0.3) is 0 Å². The zero-order valence-electron chi connectivity index (χ0n) is 21.5. The van der Waals surface area contributed by atoms with Gasteiger partial charge in [0, 0.05) is 24.0 Å². The molecule has 208 valence electrons. The van der Waals surface area contributed by atoms with Gasteiger partial charge in [-0.25, -0.2) is 9.13 Å². The van der Waals surface area contributed by atoms with Gasteiger partial charge in [-0.05, 0) is 108 Å². The zero-order valence-corrected chi connectivity index (χ0v) is 23.1. The Morgan fingerprint density at radius 2 is 1.03 bits per heavy atom. The zero-order chi connectivity index (χ0) is 25.7. The number of thiazole rings is 2. The number of ether oxygens (including phenoxy) is 1. The topological polar surface area (TPSA) is 66.4 Å². The molecule has 9 heteroatoms. The summed E-state index contributed by atoms with van der Waals surface area (Å²) in [5, 5.41) is 23.4. The van der Waals surface area contributed by atoms with E-state index in [1.54, 1.807) is 22.7 Å². The maximum atomic E-state index is 5.86. The Labute approximate surface area is 241 Å². The minimum Gasteiger partial charge on any atom is -0.381 e. The van der Waals surface area contributed by atoms with Crippen molar-refractivity contribution in [2.75, 3.05) is 13.2 Å². The van der Waals surface area contributed by atoms with Gasteiger partial charge in [-0.15, -0.1) is 0 Å². The Bertz CT molecular complexity index is 1180. The molecule has 0 spiro atoms. The molecule has 2 aromatic heterocycles. The number of azo groups is 2. The lowest BCUT2D eigenvalue weighted by Gasteiger charge is -2.05. The first-order chi connectivity index (χ1) is 18.2. The lowest BCUT2D eigenvalue weighted by Crippen LogP contribution is -2.28. The molecule has 0 amide bonds. The number of hydrogen-bond acceptors (Lipinski definition) is 7. The van der Waals surface area contributed by atoms with E-state index in [4.69, 9.17) is 4.74 Å². The van der Waals surface area contributed by atoms with Gasteiger partial charge in [-0.2, -0.15) is 0 Å². The summed E-state index contributed by atoms with van der Waals surface area (Å²) in [7, 11) is 0. The van der Waals surface area contributed by atoms with E-state index in [1.807, 2.05) is 47.4 Å². The second kappa shape index (κ2) is 17.4. The fourth-order valence-electron chi connectivity index (χ4n) is 3.75. The molecule has 0 aliphatic carbocycles. The largest absolute Gasteiger partial charge is 0.408 e. The van der Waals surface area contributed by atoms with Crippen LogP contribution in [0.3, 0.4) is 0 Å². The predicted octanol–water partition coefficient (Wildman–Crippen LogP) is 9.11. The second-order valence-electron chi connectivity index (χ2n) is 8.50. The number of nitrogens with zero attached hydrogens (tertiary/aromatic N) is 6. The number of aryl methyl sites for hydroxylation is 4. The first kappa shape index (κ1) is 32.1. The van der Waals surface area contributed by atoms with Gasteiger partial charge in [0.15, 0.2) is 0 Å². The van der Waals surface area contributed by atoms with Gasteiger partial charge in [-0.3, -0.25) is 0 Å². The van der Waals surface area contributed by atoms with Crippen LogP contribution in [-0.4, -0.2) is 13.2 Å². The summed E-state index contributed by atoms with van der Waals surface area (Å²) in [4.78, 5) is 0. The minimum atomic E-state index is 0. The van der Waals surface area contributed by atoms with Gasteiger partial charge in [0.2, 0.25) is 0 Å². The van der Waals surface area contributed by atoms with Crippen molar-refractivity contribution in [3.8, 4) is 0 Å². The van der Waals surface area contributed by atoms with E-state index < -0.39 is 0 Å². The molecule has 0 fully saturated rings. The van der Waals surface area contributed by atoms with Gasteiger partial charge in [0.05, 0.1) is 23.3 Å². The summed E-state index contributed by atoms with van der Waals surface area (Å²) in [5.74, 6) is 0. The third-order valence-electron chi connectivity index (χ3n) is 5.88. The lowest BCUT2D eigenvalue weighted by atomic mass is 10.1. The van der Waals surface area contributed by atoms with Crippen molar-refractivity contribution < 1.29 is 13.9 Å². The van der Waals surface area contributed by atoms with Crippen LogP contribution in [0, 0.1) is 0 Å². The summed E-state index contributed by atoms with van der Waals surface area (Å²) in [6.07, 6.45) is 8.08. The monoisotopic (exact) mass is 566 g/mol. The molecular weight excluding hydrogens is 525 g/mol. The van der Waals surface area contributed by atoms with Crippen molar-refractivity contribution in [1.29, 1.82) is 0 Å². The molecule has 0 saturated carbocycles. The molecule has 2 aromatic carbocycles. The molecule has 0 bridgehead atoms. The molecule has 0 atom stereocenters. The molecule has 0 radical (unpaired) electrons. The van der Waals surface area contributed by atoms with Crippen LogP contribution in [0.1, 0.15) is 52.7 Å². The molecule has 4 rings (SSSR count). The Morgan fingerprint density at radius 1 is 0.615 bits per heavy atom. The van der Waals surface area contributed by atoms with Gasteiger partial charge in [0.1, 0.15) is 23.8 Å². The summed E-state index contributed by atoms with van der Waals surface area (Å²) in [5.41, 5.74) is 4.34. The van der Waals surface area contributed by atoms with E-state index in [9.17, 15) is 0 Å². The standard InChI is InChI=1S/C28H34N6OS2.2CH4/c1-3-33-17-21-36-27(33)31-29-25-13-9-23(10-14-25)7-5-19-35-20-6-8-24-11-15-26(16-12-24)30-32-28-34(4-2)18-22-37-28;;/h9-18,21-22H,3-8,19-20H2,1-2H3;2*1H4/q+2;;. The van der Waals surface area contributed by atoms with E-state index in [0.29, 0.717) is 0 Å². The highest BCUT2D eigenvalue weighted by Gasteiger charge is 2.10. The van der Waals surface area contributed by atoms with Gasteiger partial charge >= 0.3 is 10.3 Å². The van der Waals surface area contributed by atoms with Crippen molar-refractivity contribution in [1.82, 2.24) is 0 Å². The summed E-state index contributed by atoms with van der Waals surface area (Å²) in [6, 6.07) is 16.6. The predicted molar refractivity (Wildman–Crippen MR) is 163 cm³/mol. The Kier molecular flexibility index (Phi) is 14.3. The van der Waals surface area contributed by atoms with Crippen molar-refractivity contribution in [3.05, 3.63) is 82.8 Å². The van der Waals surface area contributed by atoms with E-state index in [2.05, 4.69) is 67.7 Å². The summed E-state index contributed by atoms with van der Waals surface area (Å²) < 4.78 is 10.0. The van der Waals surface area contributed by atoms with Gasteiger partial charge < -0.3 is 4.74 Å². The molecule has 39 heavy (non-hydrogen) atoms. The number of rotatable bonds is 14. The highest BCUT2D eigenvalue weighted by molar-refractivity contribution is 7.13. The number of hydrogen-bond donors (Lipinski definition) is 0. The van der Waals surface area contributed by atoms with Crippen molar-refractivity contribution in [3.63, 3.8) is 0 Å². The highest BCUT2D eigenvalue weighted by Crippen LogP contribution is 2.21. The minimum absolute atomic E-state index is 0. The fourth-order valence-corrected chi connectivity index (χ4v) is 5.24. The number of benzene rings is 2. The van der Waals surface area contributed by atoms with E-state index >= 15 is 0 Å². The van der Waals surface area contributed by atoms with E-state index in [-0.39, 0.29) is 14.9 Å². The van der Waals surface area contributed by atoms with Crippen molar-refractivity contribution in [2.45, 2.75) is 67.5 Å². The molecule has 0 aliphatic heterocycles. The van der Waals surface area contributed by atoms with Crippen LogP contribution >= 0.6 is 22.7 Å². The SMILES string of the molecule is C.C.CC[n+]1ccsc1N=Nc1ccc(CCCOCCCc2ccc(N=Nc3scc[n+]3CC)cc2)cc1. The molecule has 4 aromatic rings. The first-order valence-electron chi connectivity index (χ1n) is 12.8. The Balaban J connectivity index is 0.00000267. The highest BCUT2D eigenvalue weighted by atomic mass is 32.1. The van der Waals surface area contributed by atoms with Crippen LogP contribution in [0.2, 0.25) is 0 Å². The van der Waals surface area contributed by atoms with Crippen molar-refractivity contribution >= 4 is 44.3 Å². The van der Waals surface area contributed by atoms with Crippen LogP contribution in [0.4, 0.5) is 21.6 Å². The molecule has 0 saturated heterocycles. The third kappa shape index (κ3) is 10.2. The molecule has 7 nitrogen and oxygen atoms in total. The molecular formula is C30H42N6OS2+2. The third-order valence-corrected chi connectivity index (χ3v) is 7.45. The van der Waals surface area contributed by atoms with E-state index in [1.165, 1.54) is 11.1 Å². The Morgan fingerprint density at radius 3 is 1.41 bits per heavy atom. The summed E-state index contributed by atoms with van der Waals surface area (Å²) >= 11 is 3.20. The maximum Gasteiger partial charge on any atom is 0.408 e. The molecule has 0 aliphatic rings. The van der Waals surface area contributed by atoms with Crippen molar-refractivity contribution in [2.24, 2.45) is 20.5 Å². The van der Waals surface area contributed by atoms with Crippen LogP contribution in [0.25, 0.3) is 0 Å². The number of aromatic nitrogens is 2. The molecule has 0 N–H and O–H groups in total. The van der Waals surface area contributed by atoms with Crippen LogP contribution in [0.5, 0.6) is 0 Å². The molecule has 2 heterocycles. The lowest BCUT2D eigenvalue weighted by molar-refractivity contribution is -0.677. The smallest absolute Gasteiger partial charge is 0.381 e.